The van der Waals surface area contributed by atoms with Crippen LogP contribution in [0.25, 0.3) is 0 Å². The van der Waals surface area contributed by atoms with Crippen LogP contribution in [0.1, 0.15) is 50.8 Å². The molecule has 134 valence electrons. The number of carbonyl (C=O) groups excluding carboxylic acids is 1. The van der Waals surface area contributed by atoms with Gasteiger partial charge in [0.2, 0.25) is 5.91 Å². The van der Waals surface area contributed by atoms with Gasteiger partial charge in [0.15, 0.2) is 0 Å². The highest BCUT2D eigenvalue weighted by Crippen LogP contribution is 2.20. The zero-order valence-corrected chi connectivity index (χ0v) is 14.5. The van der Waals surface area contributed by atoms with Gasteiger partial charge in [-0.15, -0.1) is 0 Å². The molecule has 7 heteroatoms. The Balaban J connectivity index is 1.36. The van der Waals surface area contributed by atoms with E-state index in [1.807, 2.05) is 0 Å². The van der Waals surface area contributed by atoms with Crippen LogP contribution in [0.4, 0.5) is 0 Å². The summed E-state index contributed by atoms with van der Waals surface area (Å²) in [6.07, 6.45) is 8.93. The van der Waals surface area contributed by atoms with Gasteiger partial charge in [-0.2, -0.15) is 5.10 Å². The molecule has 7 nitrogen and oxygen atoms in total. The van der Waals surface area contributed by atoms with Gasteiger partial charge in [0.1, 0.15) is 5.82 Å². The van der Waals surface area contributed by atoms with Crippen molar-refractivity contribution in [2.45, 2.75) is 64.0 Å². The standard InChI is InChI=1S/C17H28N4O3/c1-20-17(23)21-12-13(8-9-15(21)19-20)16(22)18-10-5-11-24-14-6-3-2-4-7-14/h13-14H,2-12H2,1H3,(H,18,22). The summed E-state index contributed by atoms with van der Waals surface area (Å²) in [6.45, 7) is 1.78. The second kappa shape index (κ2) is 7.96. The Morgan fingerprint density at radius 1 is 1.29 bits per heavy atom. The van der Waals surface area contributed by atoms with E-state index in [1.165, 1.54) is 36.8 Å². The molecule has 1 N–H and O–H groups in total. The third-order valence-electron chi connectivity index (χ3n) is 5.10. The summed E-state index contributed by atoms with van der Waals surface area (Å²) < 4.78 is 8.84. The summed E-state index contributed by atoms with van der Waals surface area (Å²) in [5.41, 5.74) is -0.136. The number of rotatable bonds is 6. The summed E-state index contributed by atoms with van der Waals surface area (Å²) in [4.78, 5) is 24.2. The molecule has 2 heterocycles. The highest BCUT2D eigenvalue weighted by Gasteiger charge is 2.27. The van der Waals surface area contributed by atoms with Gasteiger partial charge in [-0.05, 0) is 25.7 Å². The highest BCUT2D eigenvalue weighted by atomic mass is 16.5. The molecule has 0 bridgehead atoms. The predicted molar refractivity (Wildman–Crippen MR) is 89.7 cm³/mol. The molecule has 3 rings (SSSR count). The Morgan fingerprint density at radius 2 is 2.08 bits per heavy atom. The molecule has 0 spiro atoms. The number of carbonyl (C=O) groups is 1. The van der Waals surface area contributed by atoms with Crippen LogP contribution in [0.15, 0.2) is 4.79 Å². The van der Waals surface area contributed by atoms with Gasteiger partial charge in [-0.3, -0.25) is 9.36 Å². The molecular formula is C17H28N4O3. The third-order valence-corrected chi connectivity index (χ3v) is 5.10. The van der Waals surface area contributed by atoms with Crippen LogP contribution in [0.3, 0.4) is 0 Å². The minimum Gasteiger partial charge on any atom is -0.378 e. The van der Waals surface area contributed by atoms with Crippen LogP contribution < -0.4 is 11.0 Å². The molecule has 1 saturated carbocycles. The molecule has 1 aliphatic carbocycles. The van der Waals surface area contributed by atoms with Crippen LogP contribution in [0.2, 0.25) is 0 Å². The second-order valence-corrected chi connectivity index (χ2v) is 6.94. The lowest BCUT2D eigenvalue weighted by molar-refractivity contribution is -0.126. The van der Waals surface area contributed by atoms with Crippen molar-refractivity contribution in [1.29, 1.82) is 0 Å². The van der Waals surface area contributed by atoms with E-state index in [-0.39, 0.29) is 17.5 Å². The van der Waals surface area contributed by atoms with Crippen LogP contribution >= 0.6 is 0 Å². The fourth-order valence-electron chi connectivity index (χ4n) is 3.66. The molecule has 0 radical (unpaired) electrons. The lowest BCUT2D eigenvalue weighted by Crippen LogP contribution is -2.39. The van der Waals surface area contributed by atoms with Crippen molar-refractivity contribution in [3.63, 3.8) is 0 Å². The third kappa shape index (κ3) is 4.06. The maximum atomic E-state index is 12.3. The molecule has 0 aromatic carbocycles. The lowest BCUT2D eigenvalue weighted by Gasteiger charge is -2.23. The van der Waals surface area contributed by atoms with E-state index < -0.39 is 0 Å². The first-order chi connectivity index (χ1) is 11.6. The molecule has 1 unspecified atom stereocenters. The topological polar surface area (TPSA) is 78.2 Å². The molecule has 1 fully saturated rings. The Morgan fingerprint density at radius 3 is 2.88 bits per heavy atom. The Bertz CT molecular complexity index is 616. The molecule has 1 aliphatic heterocycles. The van der Waals surface area contributed by atoms with Crippen LogP contribution in [-0.4, -0.2) is 39.5 Å². The van der Waals surface area contributed by atoms with Gasteiger partial charge in [-0.1, -0.05) is 19.3 Å². The van der Waals surface area contributed by atoms with Crippen LogP contribution in [0.5, 0.6) is 0 Å². The van der Waals surface area contributed by atoms with E-state index in [0.29, 0.717) is 32.2 Å². The minimum absolute atomic E-state index is 0.0362. The van der Waals surface area contributed by atoms with Gasteiger partial charge in [0.05, 0.1) is 12.0 Å². The normalized spacial score (nSPS) is 21.5. The fourth-order valence-corrected chi connectivity index (χ4v) is 3.66. The number of aromatic nitrogens is 3. The zero-order chi connectivity index (χ0) is 16.9. The van der Waals surface area contributed by atoms with Gasteiger partial charge < -0.3 is 10.1 Å². The SMILES string of the molecule is Cn1nc2n(c1=O)CC(C(=O)NCCCOC1CCCCC1)CC2. The quantitative estimate of drug-likeness (QED) is 0.786. The summed E-state index contributed by atoms with van der Waals surface area (Å²) >= 11 is 0. The number of nitrogens with one attached hydrogen (secondary N) is 1. The van der Waals surface area contributed by atoms with E-state index in [4.69, 9.17) is 4.74 Å². The lowest BCUT2D eigenvalue weighted by atomic mass is 9.98. The van der Waals surface area contributed by atoms with Gasteiger partial charge in [0.25, 0.3) is 0 Å². The molecule has 24 heavy (non-hydrogen) atoms. The first-order valence-electron chi connectivity index (χ1n) is 9.17. The summed E-state index contributed by atoms with van der Waals surface area (Å²) in [5.74, 6) is 0.681. The first-order valence-corrected chi connectivity index (χ1v) is 9.17. The minimum atomic E-state index is -0.140. The Labute approximate surface area is 142 Å². The van der Waals surface area contributed by atoms with E-state index in [9.17, 15) is 9.59 Å². The first kappa shape index (κ1) is 17.2. The number of hydrogen-bond acceptors (Lipinski definition) is 4. The number of aryl methyl sites for hydroxylation is 2. The monoisotopic (exact) mass is 336 g/mol. The molecule has 1 aromatic rings. The van der Waals surface area contributed by atoms with Crippen LogP contribution in [0, 0.1) is 5.92 Å². The largest absolute Gasteiger partial charge is 0.378 e. The molecule has 1 atom stereocenters. The van der Waals surface area contributed by atoms with Crippen molar-refractivity contribution in [3.8, 4) is 0 Å². The van der Waals surface area contributed by atoms with Crippen molar-refractivity contribution >= 4 is 5.91 Å². The van der Waals surface area contributed by atoms with Crippen molar-refractivity contribution < 1.29 is 9.53 Å². The number of amides is 1. The zero-order valence-electron chi connectivity index (χ0n) is 14.5. The van der Waals surface area contributed by atoms with Crippen molar-refractivity contribution in [1.82, 2.24) is 19.7 Å². The molecule has 0 saturated heterocycles. The molecule has 2 aliphatic rings. The molecular weight excluding hydrogens is 308 g/mol. The number of fused-ring (bicyclic) bond motifs is 1. The van der Waals surface area contributed by atoms with Gasteiger partial charge >= 0.3 is 5.69 Å². The van der Waals surface area contributed by atoms with Crippen molar-refractivity contribution in [3.05, 3.63) is 16.3 Å². The molecule has 1 amide bonds. The Hall–Kier alpha value is -1.63. The second-order valence-electron chi connectivity index (χ2n) is 6.94. The summed E-state index contributed by atoms with van der Waals surface area (Å²) in [6, 6.07) is 0. The average molecular weight is 336 g/mol. The number of nitrogens with zero attached hydrogens (tertiary/aromatic N) is 3. The maximum absolute atomic E-state index is 12.3. The van der Waals surface area contributed by atoms with Gasteiger partial charge in [-0.25, -0.2) is 9.48 Å². The average Bonchev–Trinajstić information content (AvgIpc) is 2.89. The summed E-state index contributed by atoms with van der Waals surface area (Å²) in [7, 11) is 1.65. The Kier molecular flexibility index (Phi) is 5.71. The summed E-state index contributed by atoms with van der Waals surface area (Å²) in [5, 5.41) is 7.18. The van der Waals surface area contributed by atoms with E-state index in [1.54, 1.807) is 11.6 Å². The van der Waals surface area contributed by atoms with Crippen molar-refractivity contribution in [2.75, 3.05) is 13.2 Å². The van der Waals surface area contributed by atoms with Crippen molar-refractivity contribution in [2.24, 2.45) is 13.0 Å². The number of hydrogen-bond donors (Lipinski definition) is 1. The molecule has 1 aromatic heterocycles. The smallest absolute Gasteiger partial charge is 0.345 e. The van der Waals surface area contributed by atoms with E-state index in [2.05, 4.69) is 10.4 Å². The number of ether oxygens (including phenoxy) is 1. The fraction of sp³-hybridized carbons (Fsp3) is 0.824. The van der Waals surface area contributed by atoms with E-state index >= 15 is 0 Å². The highest BCUT2D eigenvalue weighted by molar-refractivity contribution is 5.78. The predicted octanol–water partition coefficient (Wildman–Crippen LogP) is 1.000. The van der Waals surface area contributed by atoms with Gasteiger partial charge in [0, 0.05) is 33.2 Å². The van der Waals surface area contributed by atoms with E-state index in [0.717, 1.165) is 18.7 Å². The van der Waals surface area contributed by atoms with Crippen LogP contribution in [-0.2, 0) is 29.5 Å². The maximum Gasteiger partial charge on any atom is 0.345 e.